The number of carbonyl (C=O) groups excluding carboxylic acids is 1. The average Bonchev–Trinajstić information content (AvgIpc) is 2.90. The van der Waals surface area contributed by atoms with Crippen LogP contribution in [0.5, 0.6) is 0 Å². The second-order valence-corrected chi connectivity index (χ2v) is 6.49. The van der Waals surface area contributed by atoms with E-state index in [9.17, 15) is 4.79 Å². The number of fused-ring (bicyclic) bond motifs is 1. The molecule has 1 amide bonds. The molecule has 0 aliphatic carbocycles. The minimum Gasteiger partial charge on any atom is -0.349 e. The van der Waals surface area contributed by atoms with Crippen LogP contribution in [0.25, 0.3) is 5.65 Å². The van der Waals surface area contributed by atoms with Crippen molar-refractivity contribution < 1.29 is 4.79 Å². The number of aryl methyl sites for hydroxylation is 2. The molecule has 23 heavy (non-hydrogen) atoms. The molecule has 6 heteroatoms. The molecule has 0 radical (unpaired) electrons. The number of hydrogen-bond donors (Lipinski definition) is 1. The van der Waals surface area contributed by atoms with Crippen LogP contribution in [-0.4, -0.2) is 46.4 Å². The molecule has 2 heterocycles. The van der Waals surface area contributed by atoms with Crippen LogP contribution >= 0.6 is 15.9 Å². The van der Waals surface area contributed by atoms with Crippen molar-refractivity contribution in [3.05, 3.63) is 33.7 Å². The third-order valence-electron chi connectivity index (χ3n) is 4.10. The number of nitrogens with zero attached hydrogens (tertiary/aromatic N) is 3. The third kappa shape index (κ3) is 3.93. The minimum absolute atomic E-state index is 0.0565. The fourth-order valence-corrected chi connectivity index (χ4v) is 3.30. The maximum Gasteiger partial charge on any atom is 0.270 e. The van der Waals surface area contributed by atoms with E-state index >= 15 is 0 Å². The van der Waals surface area contributed by atoms with Crippen molar-refractivity contribution >= 4 is 27.5 Å². The van der Waals surface area contributed by atoms with Gasteiger partial charge in [0.2, 0.25) is 0 Å². The highest BCUT2D eigenvalue weighted by Gasteiger charge is 2.19. The first-order chi connectivity index (χ1) is 11.0. The summed E-state index contributed by atoms with van der Waals surface area (Å²) >= 11 is 3.50. The molecule has 0 aliphatic rings. The Hall–Kier alpha value is -1.40. The van der Waals surface area contributed by atoms with Crippen molar-refractivity contribution in [3.63, 3.8) is 0 Å². The Morgan fingerprint density at radius 2 is 2.04 bits per heavy atom. The Labute approximate surface area is 146 Å². The third-order valence-corrected chi connectivity index (χ3v) is 4.53. The van der Waals surface area contributed by atoms with E-state index in [1.807, 2.05) is 30.5 Å². The molecule has 2 aromatic rings. The van der Waals surface area contributed by atoms with E-state index in [4.69, 9.17) is 0 Å². The molecule has 0 aliphatic heterocycles. The minimum atomic E-state index is -0.0565. The van der Waals surface area contributed by atoms with Gasteiger partial charge in [0.05, 0.1) is 5.69 Å². The van der Waals surface area contributed by atoms with Crippen molar-refractivity contribution in [2.75, 3.05) is 26.2 Å². The topological polar surface area (TPSA) is 49.6 Å². The lowest BCUT2D eigenvalue weighted by molar-refractivity contribution is 0.0942. The normalized spacial score (nSPS) is 11.4. The van der Waals surface area contributed by atoms with Crippen molar-refractivity contribution in [3.8, 4) is 0 Å². The average molecular weight is 381 g/mol. The van der Waals surface area contributed by atoms with Crippen LogP contribution in [0.3, 0.4) is 0 Å². The lowest BCUT2D eigenvalue weighted by Crippen LogP contribution is -2.35. The number of amides is 1. The van der Waals surface area contributed by atoms with Crippen LogP contribution in [0.4, 0.5) is 0 Å². The molecule has 0 spiro atoms. The van der Waals surface area contributed by atoms with Gasteiger partial charge in [-0.15, -0.1) is 0 Å². The van der Waals surface area contributed by atoms with Crippen LogP contribution in [0.15, 0.2) is 16.7 Å². The zero-order valence-corrected chi connectivity index (χ0v) is 15.9. The summed E-state index contributed by atoms with van der Waals surface area (Å²) in [5.41, 5.74) is 3.38. The van der Waals surface area contributed by atoms with Crippen molar-refractivity contribution in [1.82, 2.24) is 19.6 Å². The summed E-state index contributed by atoms with van der Waals surface area (Å²) < 4.78 is 2.84. The Morgan fingerprint density at radius 3 is 2.65 bits per heavy atom. The molecule has 0 unspecified atom stereocenters. The fraction of sp³-hybridized carbons (Fsp3) is 0.529. The molecule has 0 atom stereocenters. The Kier molecular flexibility index (Phi) is 6.18. The van der Waals surface area contributed by atoms with Crippen LogP contribution < -0.4 is 5.32 Å². The molecule has 1 N–H and O–H groups in total. The standard InChI is InChI=1S/C17H25BrN4O/c1-5-14-15(17(23)19-8-9-21(6-2)7-3)22-11-13(18)10-12(4)16(22)20-14/h10-11H,5-9H2,1-4H3,(H,19,23). The van der Waals surface area contributed by atoms with E-state index in [0.717, 1.165) is 47.4 Å². The van der Waals surface area contributed by atoms with Gasteiger partial charge < -0.3 is 10.2 Å². The van der Waals surface area contributed by atoms with Crippen LogP contribution in [0.2, 0.25) is 0 Å². The Bertz CT molecular complexity index is 691. The molecule has 0 saturated carbocycles. The Morgan fingerprint density at radius 1 is 1.35 bits per heavy atom. The number of carbonyl (C=O) groups is 1. The van der Waals surface area contributed by atoms with E-state index in [1.54, 1.807) is 0 Å². The first-order valence-corrected chi connectivity index (χ1v) is 8.98. The van der Waals surface area contributed by atoms with Gasteiger partial charge in [-0.1, -0.05) is 20.8 Å². The summed E-state index contributed by atoms with van der Waals surface area (Å²) in [4.78, 5) is 19.6. The first kappa shape index (κ1) is 17.9. The van der Waals surface area contributed by atoms with Gasteiger partial charge in [-0.2, -0.15) is 0 Å². The molecule has 0 saturated heterocycles. The van der Waals surface area contributed by atoms with Crippen molar-refractivity contribution in [2.45, 2.75) is 34.1 Å². The summed E-state index contributed by atoms with van der Waals surface area (Å²) in [6.07, 6.45) is 2.64. The Balaban J connectivity index is 2.25. The van der Waals surface area contributed by atoms with Crippen molar-refractivity contribution in [1.29, 1.82) is 0 Å². The molecule has 126 valence electrons. The largest absolute Gasteiger partial charge is 0.349 e. The smallest absolute Gasteiger partial charge is 0.270 e. The van der Waals surface area contributed by atoms with E-state index in [0.29, 0.717) is 12.2 Å². The van der Waals surface area contributed by atoms with Crippen LogP contribution in [-0.2, 0) is 6.42 Å². The second kappa shape index (κ2) is 7.93. The van der Waals surface area contributed by atoms with Crippen LogP contribution in [0.1, 0.15) is 42.5 Å². The number of imidazole rings is 1. The van der Waals surface area contributed by atoms with E-state index in [2.05, 4.69) is 45.0 Å². The predicted octanol–water partition coefficient (Wildman–Crippen LogP) is 3.04. The molecule has 2 rings (SSSR count). The highest BCUT2D eigenvalue weighted by Crippen LogP contribution is 2.21. The first-order valence-electron chi connectivity index (χ1n) is 8.19. The zero-order valence-electron chi connectivity index (χ0n) is 14.3. The van der Waals surface area contributed by atoms with E-state index in [-0.39, 0.29) is 5.91 Å². The van der Waals surface area contributed by atoms with Gasteiger partial charge in [0, 0.05) is 23.8 Å². The number of nitrogens with one attached hydrogen (secondary N) is 1. The number of aromatic nitrogens is 2. The molecule has 0 aromatic carbocycles. The van der Waals surface area contributed by atoms with Gasteiger partial charge in [0.15, 0.2) is 0 Å². The molecule has 0 fully saturated rings. The number of likely N-dealkylation sites (N-methyl/N-ethyl adjacent to an activating group) is 1. The molecular formula is C17H25BrN4O. The lowest BCUT2D eigenvalue weighted by atomic mass is 10.2. The van der Waals surface area contributed by atoms with Crippen molar-refractivity contribution in [2.24, 2.45) is 0 Å². The number of pyridine rings is 1. The second-order valence-electron chi connectivity index (χ2n) is 5.58. The van der Waals surface area contributed by atoms with Gasteiger partial charge >= 0.3 is 0 Å². The summed E-state index contributed by atoms with van der Waals surface area (Å²) in [6, 6.07) is 2.02. The number of hydrogen-bond acceptors (Lipinski definition) is 3. The van der Waals surface area contributed by atoms with Gasteiger partial charge in [-0.25, -0.2) is 4.98 Å². The molecule has 5 nitrogen and oxygen atoms in total. The summed E-state index contributed by atoms with van der Waals surface area (Å²) in [5.74, 6) is -0.0565. The zero-order chi connectivity index (χ0) is 17.0. The monoisotopic (exact) mass is 380 g/mol. The van der Waals surface area contributed by atoms with Gasteiger partial charge in [0.1, 0.15) is 11.3 Å². The fourth-order valence-electron chi connectivity index (χ4n) is 2.75. The number of rotatable bonds is 7. The maximum atomic E-state index is 12.7. The highest BCUT2D eigenvalue weighted by molar-refractivity contribution is 9.10. The molecule has 0 bridgehead atoms. The summed E-state index contributed by atoms with van der Waals surface area (Å²) in [7, 11) is 0. The molecular weight excluding hydrogens is 356 g/mol. The van der Waals surface area contributed by atoms with Crippen LogP contribution in [0, 0.1) is 6.92 Å². The van der Waals surface area contributed by atoms with E-state index < -0.39 is 0 Å². The van der Waals surface area contributed by atoms with E-state index in [1.165, 1.54) is 0 Å². The SMILES string of the molecule is CCc1nc2c(C)cc(Br)cn2c1C(=O)NCCN(CC)CC. The number of halogens is 1. The predicted molar refractivity (Wildman–Crippen MR) is 97.1 cm³/mol. The maximum absolute atomic E-state index is 12.7. The molecule has 2 aromatic heterocycles. The van der Waals surface area contributed by atoms with Gasteiger partial charge in [-0.3, -0.25) is 9.20 Å². The summed E-state index contributed by atoms with van der Waals surface area (Å²) in [6.45, 7) is 11.8. The lowest BCUT2D eigenvalue weighted by Gasteiger charge is -2.18. The quantitative estimate of drug-likeness (QED) is 0.802. The highest BCUT2D eigenvalue weighted by atomic mass is 79.9. The van der Waals surface area contributed by atoms with Gasteiger partial charge in [0.25, 0.3) is 5.91 Å². The van der Waals surface area contributed by atoms with Gasteiger partial charge in [-0.05, 0) is 54.0 Å². The summed E-state index contributed by atoms with van der Waals surface area (Å²) in [5, 5.41) is 3.03.